The molecule has 6 nitrogen and oxygen atoms in total. The molecule has 0 aliphatic rings. The molecule has 1 rings (SSSR count). The van der Waals surface area contributed by atoms with E-state index in [1.165, 1.54) is 12.1 Å². The van der Waals surface area contributed by atoms with Gasteiger partial charge in [-0.2, -0.15) is 0 Å². The Labute approximate surface area is 105 Å². The monoisotopic (exact) mass is 251 g/mol. The minimum absolute atomic E-state index is 0.000563. The molecule has 1 amide bonds. The molecule has 3 N–H and O–H groups in total. The number of nitrogens with one attached hydrogen (secondary N) is 1. The fourth-order valence-electron chi connectivity index (χ4n) is 1.37. The SMILES string of the molecule is CC(NC(=O)C(C)(C)N)c1cccc([N+](=O)[O-])c1. The molecule has 0 aliphatic heterocycles. The number of nitrogens with zero attached hydrogens (tertiary/aromatic N) is 1. The third kappa shape index (κ3) is 3.53. The molecule has 0 saturated heterocycles. The van der Waals surface area contributed by atoms with Gasteiger partial charge < -0.3 is 11.1 Å². The van der Waals surface area contributed by atoms with Crippen LogP contribution in [0.5, 0.6) is 0 Å². The molecule has 0 fully saturated rings. The van der Waals surface area contributed by atoms with Gasteiger partial charge in [0.25, 0.3) is 5.69 Å². The zero-order valence-corrected chi connectivity index (χ0v) is 10.6. The fraction of sp³-hybridized carbons (Fsp3) is 0.417. The number of nitro groups is 1. The number of non-ortho nitro benzene ring substituents is 1. The van der Waals surface area contributed by atoms with Gasteiger partial charge in [-0.1, -0.05) is 12.1 Å². The summed E-state index contributed by atoms with van der Waals surface area (Å²) >= 11 is 0. The van der Waals surface area contributed by atoms with Crippen LogP contribution in [0.25, 0.3) is 0 Å². The van der Waals surface area contributed by atoms with Gasteiger partial charge in [-0.3, -0.25) is 14.9 Å². The van der Waals surface area contributed by atoms with Crippen LogP contribution >= 0.6 is 0 Å². The molecule has 0 bridgehead atoms. The number of hydrogen-bond acceptors (Lipinski definition) is 4. The lowest BCUT2D eigenvalue weighted by molar-refractivity contribution is -0.384. The summed E-state index contributed by atoms with van der Waals surface area (Å²) in [6, 6.07) is 5.82. The van der Waals surface area contributed by atoms with E-state index in [2.05, 4.69) is 5.32 Å². The van der Waals surface area contributed by atoms with Gasteiger partial charge in [0, 0.05) is 12.1 Å². The van der Waals surface area contributed by atoms with Crippen LogP contribution in [0.2, 0.25) is 0 Å². The first-order valence-electron chi connectivity index (χ1n) is 5.56. The van der Waals surface area contributed by atoms with Crippen molar-refractivity contribution >= 4 is 11.6 Å². The molecule has 1 aromatic carbocycles. The van der Waals surface area contributed by atoms with E-state index >= 15 is 0 Å². The van der Waals surface area contributed by atoms with Crippen molar-refractivity contribution in [1.82, 2.24) is 5.32 Å². The largest absolute Gasteiger partial charge is 0.348 e. The van der Waals surface area contributed by atoms with Crippen molar-refractivity contribution in [2.24, 2.45) is 5.73 Å². The normalized spacial score (nSPS) is 12.9. The number of carbonyl (C=O) groups is 1. The molecule has 1 unspecified atom stereocenters. The van der Waals surface area contributed by atoms with E-state index in [4.69, 9.17) is 5.73 Å². The van der Waals surface area contributed by atoms with Gasteiger partial charge in [0.15, 0.2) is 0 Å². The van der Waals surface area contributed by atoms with Crippen LogP contribution in [-0.2, 0) is 4.79 Å². The molecule has 1 atom stereocenters. The number of amides is 1. The van der Waals surface area contributed by atoms with E-state index in [1.54, 1.807) is 32.9 Å². The predicted octanol–water partition coefficient (Wildman–Crippen LogP) is 1.51. The number of nitro benzene ring substituents is 1. The van der Waals surface area contributed by atoms with Crippen LogP contribution in [0.1, 0.15) is 32.4 Å². The van der Waals surface area contributed by atoms with E-state index in [9.17, 15) is 14.9 Å². The summed E-state index contributed by atoms with van der Waals surface area (Å²) in [5, 5.41) is 13.4. The Hall–Kier alpha value is -1.95. The molecule has 0 heterocycles. The van der Waals surface area contributed by atoms with Crippen molar-refractivity contribution in [2.45, 2.75) is 32.4 Å². The molecule has 1 aromatic rings. The lowest BCUT2D eigenvalue weighted by Crippen LogP contribution is -2.49. The maximum Gasteiger partial charge on any atom is 0.269 e. The molecule has 0 saturated carbocycles. The molecule has 0 radical (unpaired) electrons. The van der Waals surface area contributed by atoms with Crippen LogP contribution in [0.4, 0.5) is 5.69 Å². The minimum Gasteiger partial charge on any atom is -0.348 e. The van der Waals surface area contributed by atoms with E-state index in [0.717, 1.165) is 0 Å². The van der Waals surface area contributed by atoms with E-state index in [-0.39, 0.29) is 17.6 Å². The Morgan fingerprint density at radius 3 is 2.61 bits per heavy atom. The summed E-state index contributed by atoms with van der Waals surface area (Å²) in [5.74, 6) is -0.304. The zero-order valence-electron chi connectivity index (χ0n) is 10.6. The summed E-state index contributed by atoms with van der Waals surface area (Å²) in [6.07, 6.45) is 0. The lowest BCUT2D eigenvalue weighted by Gasteiger charge is -2.22. The summed E-state index contributed by atoms with van der Waals surface area (Å²) in [6.45, 7) is 4.95. The number of carbonyl (C=O) groups excluding carboxylic acids is 1. The summed E-state index contributed by atoms with van der Waals surface area (Å²) in [7, 11) is 0. The van der Waals surface area contributed by atoms with Crippen LogP contribution in [-0.4, -0.2) is 16.4 Å². The van der Waals surface area contributed by atoms with Crippen molar-refractivity contribution in [3.05, 3.63) is 39.9 Å². The van der Waals surface area contributed by atoms with E-state index in [1.807, 2.05) is 0 Å². The average molecular weight is 251 g/mol. The maximum absolute atomic E-state index is 11.7. The van der Waals surface area contributed by atoms with Crippen molar-refractivity contribution in [3.63, 3.8) is 0 Å². The van der Waals surface area contributed by atoms with Gasteiger partial charge >= 0.3 is 0 Å². The first-order valence-corrected chi connectivity index (χ1v) is 5.56. The standard InChI is InChI=1S/C12H17N3O3/c1-8(14-11(16)12(2,3)13)9-5-4-6-10(7-9)15(17)18/h4-8H,13H2,1-3H3,(H,14,16). The second-order valence-electron chi connectivity index (χ2n) is 4.77. The van der Waals surface area contributed by atoms with Crippen molar-refractivity contribution in [1.29, 1.82) is 0 Å². The van der Waals surface area contributed by atoms with Crippen LogP contribution < -0.4 is 11.1 Å². The Bertz CT molecular complexity index is 466. The fourth-order valence-corrected chi connectivity index (χ4v) is 1.37. The Morgan fingerprint density at radius 1 is 1.50 bits per heavy atom. The molecule has 98 valence electrons. The topological polar surface area (TPSA) is 98.3 Å². The molecule has 18 heavy (non-hydrogen) atoms. The van der Waals surface area contributed by atoms with Crippen molar-refractivity contribution in [3.8, 4) is 0 Å². The second-order valence-corrected chi connectivity index (χ2v) is 4.77. The highest BCUT2D eigenvalue weighted by Gasteiger charge is 2.23. The Kier molecular flexibility index (Phi) is 4.03. The number of benzene rings is 1. The second kappa shape index (κ2) is 5.14. The van der Waals surface area contributed by atoms with Crippen molar-refractivity contribution in [2.75, 3.05) is 0 Å². The highest BCUT2D eigenvalue weighted by atomic mass is 16.6. The minimum atomic E-state index is -0.977. The lowest BCUT2D eigenvalue weighted by atomic mass is 10.0. The molecular formula is C12H17N3O3. The van der Waals surface area contributed by atoms with Crippen LogP contribution in [0, 0.1) is 10.1 Å². The van der Waals surface area contributed by atoms with Crippen LogP contribution in [0.3, 0.4) is 0 Å². The first-order chi connectivity index (χ1) is 8.21. The highest BCUT2D eigenvalue weighted by molar-refractivity contribution is 5.85. The summed E-state index contributed by atoms with van der Waals surface area (Å²) < 4.78 is 0. The van der Waals surface area contributed by atoms with E-state index in [0.29, 0.717) is 5.56 Å². The first kappa shape index (κ1) is 14.1. The summed E-state index contributed by atoms with van der Waals surface area (Å²) in [4.78, 5) is 21.9. The van der Waals surface area contributed by atoms with Crippen molar-refractivity contribution < 1.29 is 9.72 Å². The molecule has 0 aromatic heterocycles. The number of hydrogen-bond donors (Lipinski definition) is 2. The average Bonchev–Trinajstić information content (AvgIpc) is 2.27. The Morgan fingerprint density at radius 2 is 2.11 bits per heavy atom. The van der Waals surface area contributed by atoms with Gasteiger partial charge in [-0.15, -0.1) is 0 Å². The van der Waals surface area contributed by atoms with Gasteiger partial charge in [0.2, 0.25) is 5.91 Å². The van der Waals surface area contributed by atoms with Gasteiger partial charge in [-0.25, -0.2) is 0 Å². The smallest absolute Gasteiger partial charge is 0.269 e. The number of rotatable bonds is 4. The maximum atomic E-state index is 11.7. The number of nitrogens with two attached hydrogens (primary N) is 1. The van der Waals surface area contributed by atoms with E-state index < -0.39 is 10.5 Å². The van der Waals surface area contributed by atoms with Gasteiger partial charge in [0.1, 0.15) is 0 Å². The van der Waals surface area contributed by atoms with Gasteiger partial charge in [-0.05, 0) is 26.3 Å². The molecular weight excluding hydrogens is 234 g/mol. The summed E-state index contributed by atoms with van der Waals surface area (Å²) in [5.41, 5.74) is 5.35. The molecule has 0 spiro atoms. The Balaban J connectivity index is 2.85. The third-order valence-electron chi connectivity index (χ3n) is 2.51. The third-order valence-corrected chi connectivity index (χ3v) is 2.51. The van der Waals surface area contributed by atoms with Crippen LogP contribution in [0.15, 0.2) is 24.3 Å². The zero-order chi connectivity index (χ0) is 13.9. The highest BCUT2D eigenvalue weighted by Crippen LogP contribution is 2.19. The van der Waals surface area contributed by atoms with Gasteiger partial charge in [0.05, 0.1) is 16.5 Å². The molecule has 6 heteroatoms. The predicted molar refractivity (Wildman–Crippen MR) is 67.9 cm³/mol. The molecule has 0 aliphatic carbocycles. The quantitative estimate of drug-likeness (QED) is 0.626.